The molecule has 0 fully saturated rings. The van der Waals surface area contributed by atoms with Crippen LogP contribution in [0.1, 0.15) is 24.1 Å². The molecule has 0 saturated heterocycles. The summed E-state index contributed by atoms with van der Waals surface area (Å²) in [5, 5.41) is 0. The molecular formula is C11H16N2O2S. The molecule has 0 aromatic heterocycles. The van der Waals surface area contributed by atoms with Crippen LogP contribution >= 0.6 is 0 Å². The molecule has 0 aliphatic rings. The fourth-order valence-corrected chi connectivity index (χ4v) is 1.91. The Kier molecular flexibility index (Phi) is 3.72. The third-order valence-corrected chi connectivity index (χ3v) is 2.71. The monoisotopic (exact) mass is 240 g/mol. The molecule has 88 valence electrons. The normalized spacial score (nSPS) is 13.2. The Morgan fingerprint density at radius 2 is 2.12 bits per heavy atom. The molecule has 0 aliphatic carbocycles. The zero-order chi connectivity index (χ0) is 12.3. The van der Waals surface area contributed by atoms with Crippen molar-refractivity contribution in [2.45, 2.75) is 13.0 Å². The standard InChI is InChI=1S/C11H16N2O2S/c1-4-9-7-10(8(2)12)5-6-11(9)13-16(3,14)15/h4-8,13H,1,12H2,2-3H3/t8-/m1/s1. The number of hydrogen-bond donors (Lipinski definition) is 2. The lowest BCUT2D eigenvalue weighted by Crippen LogP contribution is -2.11. The maximum absolute atomic E-state index is 11.1. The summed E-state index contributed by atoms with van der Waals surface area (Å²) in [5.74, 6) is 0. The first-order valence-electron chi connectivity index (χ1n) is 4.83. The summed E-state index contributed by atoms with van der Waals surface area (Å²) in [6, 6.07) is 5.22. The van der Waals surface area contributed by atoms with E-state index in [0.29, 0.717) is 5.69 Å². The second kappa shape index (κ2) is 4.67. The minimum absolute atomic E-state index is 0.0917. The topological polar surface area (TPSA) is 72.2 Å². The lowest BCUT2D eigenvalue weighted by molar-refractivity contribution is 0.607. The predicted molar refractivity (Wildman–Crippen MR) is 67.6 cm³/mol. The number of nitrogens with two attached hydrogens (primary N) is 1. The van der Waals surface area contributed by atoms with Crippen LogP contribution in [0.15, 0.2) is 24.8 Å². The molecule has 0 heterocycles. The van der Waals surface area contributed by atoms with E-state index >= 15 is 0 Å². The molecule has 1 aromatic carbocycles. The predicted octanol–water partition coefficient (Wildman–Crippen LogP) is 1.72. The van der Waals surface area contributed by atoms with Gasteiger partial charge >= 0.3 is 0 Å². The van der Waals surface area contributed by atoms with Gasteiger partial charge in [0, 0.05) is 6.04 Å². The van der Waals surface area contributed by atoms with E-state index in [-0.39, 0.29) is 6.04 Å². The lowest BCUT2D eigenvalue weighted by Gasteiger charge is -2.11. The van der Waals surface area contributed by atoms with Gasteiger partial charge in [-0.15, -0.1) is 0 Å². The smallest absolute Gasteiger partial charge is 0.229 e. The molecule has 0 unspecified atom stereocenters. The minimum atomic E-state index is -3.27. The average Bonchev–Trinajstić information content (AvgIpc) is 2.15. The van der Waals surface area contributed by atoms with Gasteiger partial charge in [-0.3, -0.25) is 4.72 Å². The Labute approximate surface area is 96.2 Å². The second-order valence-electron chi connectivity index (χ2n) is 3.71. The molecule has 4 nitrogen and oxygen atoms in total. The molecule has 1 atom stereocenters. The highest BCUT2D eigenvalue weighted by molar-refractivity contribution is 7.92. The molecule has 16 heavy (non-hydrogen) atoms. The third-order valence-electron chi connectivity index (χ3n) is 2.12. The Bertz CT molecular complexity index is 493. The van der Waals surface area contributed by atoms with E-state index in [1.165, 1.54) is 0 Å². The first-order chi connectivity index (χ1) is 7.33. The van der Waals surface area contributed by atoms with Crippen molar-refractivity contribution in [1.29, 1.82) is 0 Å². The highest BCUT2D eigenvalue weighted by atomic mass is 32.2. The van der Waals surface area contributed by atoms with Crippen LogP contribution in [-0.2, 0) is 10.0 Å². The fourth-order valence-electron chi connectivity index (χ4n) is 1.33. The zero-order valence-corrected chi connectivity index (χ0v) is 10.2. The summed E-state index contributed by atoms with van der Waals surface area (Å²) in [5.41, 5.74) is 7.92. The van der Waals surface area contributed by atoms with Crippen LogP contribution in [0.5, 0.6) is 0 Å². The van der Waals surface area contributed by atoms with Gasteiger partial charge in [-0.25, -0.2) is 8.42 Å². The van der Waals surface area contributed by atoms with E-state index in [9.17, 15) is 8.42 Å². The summed E-state index contributed by atoms with van der Waals surface area (Å²) in [6.45, 7) is 5.51. The number of rotatable bonds is 4. The van der Waals surface area contributed by atoms with E-state index in [2.05, 4.69) is 11.3 Å². The zero-order valence-electron chi connectivity index (χ0n) is 9.40. The molecule has 1 aromatic rings. The SMILES string of the molecule is C=Cc1cc([C@@H](C)N)ccc1NS(C)(=O)=O. The van der Waals surface area contributed by atoms with Crippen LogP contribution in [0.4, 0.5) is 5.69 Å². The van der Waals surface area contributed by atoms with Gasteiger partial charge in [0.2, 0.25) is 10.0 Å². The van der Waals surface area contributed by atoms with Crippen LogP contribution in [0, 0.1) is 0 Å². The van der Waals surface area contributed by atoms with E-state index in [0.717, 1.165) is 17.4 Å². The van der Waals surface area contributed by atoms with Crippen molar-refractivity contribution < 1.29 is 8.42 Å². The van der Waals surface area contributed by atoms with Crippen molar-refractivity contribution in [3.05, 3.63) is 35.9 Å². The molecule has 1 rings (SSSR count). The third kappa shape index (κ3) is 3.36. The van der Waals surface area contributed by atoms with Crippen LogP contribution < -0.4 is 10.5 Å². The molecular weight excluding hydrogens is 224 g/mol. The highest BCUT2D eigenvalue weighted by Crippen LogP contribution is 2.22. The van der Waals surface area contributed by atoms with Crippen molar-refractivity contribution in [2.75, 3.05) is 11.0 Å². The van der Waals surface area contributed by atoms with E-state index < -0.39 is 10.0 Å². The molecule has 0 radical (unpaired) electrons. The van der Waals surface area contributed by atoms with Crippen LogP contribution in [0.2, 0.25) is 0 Å². The molecule has 5 heteroatoms. The van der Waals surface area contributed by atoms with Gasteiger partial charge < -0.3 is 5.73 Å². The van der Waals surface area contributed by atoms with Crippen molar-refractivity contribution >= 4 is 21.8 Å². The minimum Gasteiger partial charge on any atom is -0.324 e. The highest BCUT2D eigenvalue weighted by Gasteiger charge is 2.07. The summed E-state index contributed by atoms with van der Waals surface area (Å²) < 4.78 is 24.7. The van der Waals surface area contributed by atoms with Gasteiger partial charge in [0.25, 0.3) is 0 Å². The van der Waals surface area contributed by atoms with Gasteiger partial charge in [-0.05, 0) is 30.2 Å². The fraction of sp³-hybridized carbons (Fsp3) is 0.273. The van der Waals surface area contributed by atoms with Crippen molar-refractivity contribution in [3.8, 4) is 0 Å². The maximum atomic E-state index is 11.1. The van der Waals surface area contributed by atoms with E-state index in [1.54, 1.807) is 18.2 Å². The lowest BCUT2D eigenvalue weighted by atomic mass is 10.0. The largest absolute Gasteiger partial charge is 0.324 e. The molecule has 0 amide bonds. The van der Waals surface area contributed by atoms with E-state index in [4.69, 9.17) is 5.73 Å². The number of hydrogen-bond acceptors (Lipinski definition) is 3. The Morgan fingerprint density at radius 1 is 1.50 bits per heavy atom. The van der Waals surface area contributed by atoms with Gasteiger partial charge in [0.1, 0.15) is 0 Å². The molecule has 3 N–H and O–H groups in total. The van der Waals surface area contributed by atoms with Crippen LogP contribution in [0.25, 0.3) is 6.08 Å². The van der Waals surface area contributed by atoms with Crippen LogP contribution in [0.3, 0.4) is 0 Å². The number of anilines is 1. The molecule has 0 spiro atoms. The van der Waals surface area contributed by atoms with Gasteiger partial charge in [-0.1, -0.05) is 18.7 Å². The number of nitrogens with one attached hydrogen (secondary N) is 1. The molecule has 0 aliphatic heterocycles. The van der Waals surface area contributed by atoms with Crippen molar-refractivity contribution in [1.82, 2.24) is 0 Å². The van der Waals surface area contributed by atoms with Gasteiger partial charge in [-0.2, -0.15) is 0 Å². The maximum Gasteiger partial charge on any atom is 0.229 e. The Balaban J connectivity index is 3.17. The second-order valence-corrected chi connectivity index (χ2v) is 5.46. The first-order valence-corrected chi connectivity index (χ1v) is 6.72. The van der Waals surface area contributed by atoms with Crippen molar-refractivity contribution in [2.24, 2.45) is 5.73 Å². The Hall–Kier alpha value is -1.33. The van der Waals surface area contributed by atoms with Crippen molar-refractivity contribution in [3.63, 3.8) is 0 Å². The summed E-state index contributed by atoms with van der Waals surface area (Å²) >= 11 is 0. The average molecular weight is 240 g/mol. The molecule has 0 saturated carbocycles. The van der Waals surface area contributed by atoms with Gasteiger partial charge in [0.05, 0.1) is 11.9 Å². The number of sulfonamides is 1. The summed E-state index contributed by atoms with van der Waals surface area (Å²) in [6.07, 6.45) is 2.71. The van der Waals surface area contributed by atoms with Gasteiger partial charge in [0.15, 0.2) is 0 Å². The van der Waals surface area contributed by atoms with E-state index in [1.807, 2.05) is 13.0 Å². The first kappa shape index (κ1) is 12.7. The summed E-state index contributed by atoms with van der Waals surface area (Å²) in [7, 11) is -3.27. The number of benzene rings is 1. The molecule has 0 bridgehead atoms. The quantitative estimate of drug-likeness (QED) is 0.841. The summed E-state index contributed by atoms with van der Waals surface area (Å²) in [4.78, 5) is 0. The Morgan fingerprint density at radius 3 is 2.56 bits per heavy atom. The van der Waals surface area contributed by atoms with Crippen LogP contribution in [-0.4, -0.2) is 14.7 Å².